The summed E-state index contributed by atoms with van der Waals surface area (Å²) >= 11 is 12.2. The predicted molar refractivity (Wildman–Crippen MR) is 175 cm³/mol. The second-order valence-electron chi connectivity index (χ2n) is 10.7. The topological polar surface area (TPSA) is 111 Å². The molecule has 0 saturated heterocycles. The highest BCUT2D eigenvalue weighted by Crippen LogP contribution is 2.35. The number of carbonyl (C=O) groups excluding carboxylic acids is 2. The molecule has 3 aromatic rings. The lowest BCUT2D eigenvalue weighted by Crippen LogP contribution is -2.42. The second-order valence-corrected chi connectivity index (χ2v) is 13.2. The van der Waals surface area contributed by atoms with Crippen molar-refractivity contribution in [1.82, 2.24) is 20.0 Å². The summed E-state index contributed by atoms with van der Waals surface area (Å²) in [6.07, 6.45) is 1.65. The van der Waals surface area contributed by atoms with Crippen LogP contribution in [-0.2, 0) is 14.8 Å². The van der Waals surface area contributed by atoms with Crippen LogP contribution in [0.5, 0.6) is 11.5 Å². The molecule has 0 saturated carbocycles. The molecule has 0 aliphatic carbocycles. The molecule has 238 valence electrons. The number of hydrogen-bond acceptors (Lipinski definition) is 7. The van der Waals surface area contributed by atoms with E-state index in [0.29, 0.717) is 23.9 Å². The lowest BCUT2D eigenvalue weighted by Gasteiger charge is -2.24. The first-order chi connectivity index (χ1) is 20.9. The van der Waals surface area contributed by atoms with Gasteiger partial charge in [0.1, 0.15) is 5.75 Å². The van der Waals surface area contributed by atoms with Crippen molar-refractivity contribution in [3.63, 3.8) is 0 Å². The Bertz CT molecular complexity index is 1500. The van der Waals surface area contributed by atoms with E-state index in [-0.39, 0.29) is 39.4 Å². The van der Waals surface area contributed by atoms with Crippen molar-refractivity contribution >= 4 is 50.7 Å². The molecule has 2 amide bonds. The number of sulfonamides is 1. The average Bonchev–Trinajstić information content (AvgIpc) is 2.97. The number of hydrogen-bond donors (Lipinski definition) is 2. The van der Waals surface area contributed by atoms with Crippen molar-refractivity contribution in [3.8, 4) is 11.5 Å². The van der Waals surface area contributed by atoms with Gasteiger partial charge >= 0.3 is 0 Å². The highest BCUT2D eigenvalue weighted by atomic mass is 35.5. The number of nitrogens with zero attached hydrogens (tertiary/aromatic N) is 3. The van der Waals surface area contributed by atoms with E-state index in [9.17, 15) is 18.0 Å². The molecule has 0 fully saturated rings. The van der Waals surface area contributed by atoms with Gasteiger partial charge in [0.05, 0.1) is 22.2 Å². The number of halogens is 2. The van der Waals surface area contributed by atoms with Gasteiger partial charge in [0.25, 0.3) is 15.9 Å². The molecule has 44 heavy (non-hydrogen) atoms. The Kier molecular flexibility index (Phi) is 13.3. The highest BCUT2D eigenvalue weighted by Gasteiger charge is 2.19. The van der Waals surface area contributed by atoms with Crippen LogP contribution in [0, 0.1) is 0 Å². The summed E-state index contributed by atoms with van der Waals surface area (Å²) in [5.74, 6) is -0.101. The van der Waals surface area contributed by atoms with Crippen LogP contribution in [0.2, 0.25) is 10.0 Å². The van der Waals surface area contributed by atoms with Gasteiger partial charge in [0.2, 0.25) is 5.91 Å². The van der Waals surface area contributed by atoms with Gasteiger partial charge in [0, 0.05) is 23.7 Å². The van der Waals surface area contributed by atoms with Crippen LogP contribution < -0.4 is 14.8 Å². The van der Waals surface area contributed by atoms with Crippen LogP contribution >= 0.6 is 23.2 Å². The lowest BCUT2D eigenvalue weighted by atomic mass is 10.2. The first kappa shape index (κ1) is 35.1. The zero-order chi connectivity index (χ0) is 32.3. The Balaban J connectivity index is 1.63. The van der Waals surface area contributed by atoms with Crippen molar-refractivity contribution in [2.75, 3.05) is 65.6 Å². The third kappa shape index (κ3) is 11.0. The van der Waals surface area contributed by atoms with Crippen molar-refractivity contribution in [2.45, 2.75) is 17.7 Å². The number of carbonyl (C=O) groups is 2. The minimum absolute atomic E-state index is 0.0579. The van der Waals surface area contributed by atoms with Gasteiger partial charge in [-0.15, -0.1) is 0 Å². The van der Waals surface area contributed by atoms with E-state index >= 15 is 0 Å². The van der Waals surface area contributed by atoms with Crippen molar-refractivity contribution in [2.24, 2.45) is 0 Å². The SMILES string of the molecule is CN(C)CCCN(CCCN(C)C)C(=O)CNC(=O)c1ccc(S(=O)(=O)Nc2ccccc2Oc2ccc(Cl)cc2Cl)cc1. The van der Waals surface area contributed by atoms with E-state index in [1.54, 1.807) is 41.3 Å². The zero-order valence-corrected chi connectivity index (χ0v) is 27.7. The summed E-state index contributed by atoms with van der Waals surface area (Å²) in [4.78, 5) is 31.6. The molecule has 3 aromatic carbocycles. The summed E-state index contributed by atoms with van der Waals surface area (Å²) < 4.78 is 34.7. The Morgan fingerprint density at radius 1 is 0.795 bits per heavy atom. The van der Waals surface area contributed by atoms with Crippen LogP contribution in [0.1, 0.15) is 23.2 Å². The molecular weight excluding hydrogens is 625 g/mol. The maximum atomic E-state index is 13.2. The molecular formula is C31H39Cl2N5O5S. The number of nitrogens with one attached hydrogen (secondary N) is 2. The molecule has 0 heterocycles. The number of amides is 2. The van der Waals surface area contributed by atoms with Gasteiger partial charge in [-0.1, -0.05) is 35.3 Å². The van der Waals surface area contributed by atoms with Crippen LogP contribution in [0.4, 0.5) is 5.69 Å². The van der Waals surface area contributed by atoms with Crippen LogP contribution in [0.3, 0.4) is 0 Å². The molecule has 0 spiro atoms. The zero-order valence-electron chi connectivity index (χ0n) is 25.3. The van der Waals surface area contributed by atoms with Gasteiger partial charge in [0.15, 0.2) is 5.75 Å². The van der Waals surface area contributed by atoms with E-state index in [1.165, 1.54) is 30.3 Å². The molecule has 0 aromatic heterocycles. The number of rotatable bonds is 16. The van der Waals surface area contributed by atoms with Crippen LogP contribution in [-0.4, -0.2) is 95.8 Å². The summed E-state index contributed by atoms with van der Waals surface area (Å²) in [5, 5.41) is 3.37. The fourth-order valence-electron chi connectivity index (χ4n) is 4.19. The Hall–Kier alpha value is -3.35. The Morgan fingerprint density at radius 2 is 1.41 bits per heavy atom. The number of para-hydroxylation sites is 2. The molecule has 0 radical (unpaired) electrons. The monoisotopic (exact) mass is 663 g/mol. The first-order valence-electron chi connectivity index (χ1n) is 14.1. The van der Waals surface area contributed by atoms with E-state index < -0.39 is 15.9 Å². The van der Waals surface area contributed by atoms with Gasteiger partial charge in [-0.2, -0.15) is 0 Å². The maximum Gasteiger partial charge on any atom is 0.262 e. The van der Waals surface area contributed by atoms with Gasteiger partial charge in [-0.3, -0.25) is 14.3 Å². The molecule has 0 unspecified atom stereocenters. The third-order valence-electron chi connectivity index (χ3n) is 6.49. The number of ether oxygens (including phenoxy) is 1. The fraction of sp³-hybridized carbons (Fsp3) is 0.355. The van der Waals surface area contributed by atoms with E-state index in [1.807, 2.05) is 28.2 Å². The molecule has 13 heteroatoms. The Morgan fingerprint density at radius 3 is 2.00 bits per heavy atom. The molecule has 0 aliphatic rings. The second kappa shape index (κ2) is 16.6. The summed E-state index contributed by atoms with van der Waals surface area (Å²) in [6, 6.07) is 16.7. The van der Waals surface area contributed by atoms with E-state index in [4.69, 9.17) is 27.9 Å². The maximum absolute atomic E-state index is 13.2. The van der Waals surface area contributed by atoms with Crippen LogP contribution in [0.15, 0.2) is 71.6 Å². The highest BCUT2D eigenvalue weighted by molar-refractivity contribution is 7.92. The quantitative estimate of drug-likeness (QED) is 0.221. The van der Waals surface area contributed by atoms with Crippen molar-refractivity contribution < 1.29 is 22.7 Å². The first-order valence-corrected chi connectivity index (χ1v) is 16.3. The largest absolute Gasteiger partial charge is 0.454 e. The normalized spacial score (nSPS) is 11.5. The summed E-state index contributed by atoms with van der Waals surface area (Å²) in [5.41, 5.74) is 0.421. The van der Waals surface area contributed by atoms with Crippen molar-refractivity contribution in [3.05, 3.63) is 82.3 Å². The van der Waals surface area contributed by atoms with Crippen LogP contribution in [0.25, 0.3) is 0 Å². The van der Waals surface area contributed by atoms with Gasteiger partial charge < -0.3 is 24.8 Å². The number of anilines is 1. The minimum Gasteiger partial charge on any atom is -0.454 e. The molecule has 10 nitrogen and oxygen atoms in total. The minimum atomic E-state index is -4.04. The summed E-state index contributed by atoms with van der Waals surface area (Å²) in [6.45, 7) is 2.74. The molecule has 0 atom stereocenters. The predicted octanol–water partition coefficient (Wildman–Crippen LogP) is 5.05. The van der Waals surface area contributed by atoms with Gasteiger partial charge in [-0.25, -0.2) is 8.42 Å². The fourth-order valence-corrected chi connectivity index (χ4v) is 5.71. The number of benzene rings is 3. The molecule has 2 N–H and O–H groups in total. The van der Waals surface area contributed by atoms with Crippen molar-refractivity contribution in [1.29, 1.82) is 0 Å². The molecule has 3 rings (SSSR count). The summed E-state index contributed by atoms with van der Waals surface area (Å²) in [7, 11) is 3.90. The van der Waals surface area contributed by atoms with E-state index in [0.717, 1.165) is 25.9 Å². The van der Waals surface area contributed by atoms with Gasteiger partial charge in [-0.05, 0) is 109 Å². The molecule has 0 aliphatic heterocycles. The van der Waals surface area contributed by atoms with E-state index in [2.05, 4.69) is 19.8 Å². The molecule has 0 bridgehead atoms. The smallest absolute Gasteiger partial charge is 0.262 e. The third-order valence-corrected chi connectivity index (χ3v) is 8.40. The standard InChI is InChI=1S/C31H39Cl2N5O5S/c1-36(2)17-7-19-38(20-8-18-37(3)4)30(39)22-34-31(40)23-11-14-25(15-12-23)44(41,42)35-27-9-5-6-10-29(27)43-28-16-13-24(32)21-26(28)33/h5-6,9-16,21,35H,7-8,17-20,22H2,1-4H3,(H,34,40). The lowest BCUT2D eigenvalue weighted by molar-refractivity contribution is -0.130. The Labute approximate surface area is 269 Å². The average molecular weight is 665 g/mol.